The highest BCUT2D eigenvalue weighted by molar-refractivity contribution is 5.31. The number of nitrogens with one attached hydrogen (secondary N) is 1. The second-order valence-corrected chi connectivity index (χ2v) is 4.27. The summed E-state index contributed by atoms with van der Waals surface area (Å²) < 4.78 is 0. The van der Waals surface area contributed by atoms with E-state index in [1.807, 2.05) is 25.3 Å². The fourth-order valence-corrected chi connectivity index (χ4v) is 1.83. The Hall–Kier alpha value is -1.71. The number of aryl methyl sites for hydroxylation is 2. The highest BCUT2D eigenvalue weighted by Crippen LogP contribution is 2.20. The Balaban J connectivity index is 2.36. The van der Waals surface area contributed by atoms with Crippen molar-refractivity contribution in [2.75, 3.05) is 0 Å². The van der Waals surface area contributed by atoms with Crippen LogP contribution >= 0.6 is 0 Å². The maximum atomic E-state index is 5.63. The van der Waals surface area contributed by atoms with E-state index in [4.69, 9.17) is 5.84 Å². The minimum Gasteiger partial charge on any atom is -0.271 e. The van der Waals surface area contributed by atoms with Gasteiger partial charge in [0, 0.05) is 6.20 Å². The molecule has 1 atom stereocenters. The zero-order valence-corrected chi connectivity index (χ0v) is 10.1. The number of hydrogen-bond acceptors (Lipinski definition) is 3. The Morgan fingerprint density at radius 3 is 2.35 bits per heavy atom. The van der Waals surface area contributed by atoms with Crippen LogP contribution in [0.5, 0.6) is 0 Å². The van der Waals surface area contributed by atoms with Gasteiger partial charge >= 0.3 is 0 Å². The summed E-state index contributed by atoms with van der Waals surface area (Å²) >= 11 is 0. The summed E-state index contributed by atoms with van der Waals surface area (Å²) in [6, 6.07) is 12.3. The Bertz CT molecular complexity index is 491. The summed E-state index contributed by atoms with van der Waals surface area (Å²) in [7, 11) is 0. The lowest BCUT2D eigenvalue weighted by atomic mass is 10.0. The molecule has 17 heavy (non-hydrogen) atoms. The van der Waals surface area contributed by atoms with E-state index in [2.05, 4.69) is 41.6 Å². The summed E-state index contributed by atoms with van der Waals surface area (Å²) in [6.45, 7) is 4.12. The molecule has 1 aromatic heterocycles. The van der Waals surface area contributed by atoms with Gasteiger partial charge in [-0.2, -0.15) is 0 Å². The molecule has 1 unspecified atom stereocenters. The van der Waals surface area contributed by atoms with E-state index < -0.39 is 0 Å². The van der Waals surface area contributed by atoms with Gasteiger partial charge in [0.05, 0.1) is 11.7 Å². The standard InChI is InChI=1S/C14H17N3/c1-10-3-5-12(6-4-10)14(17-15)13-9-11(2)7-8-16-13/h3-9,14,17H,15H2,1-2H3. The number of benzene rings is 1. The van der Waals surface area contributed by atoms with Crippen molar-refractivity contribution in [2.45, 2.75) is 19.9 Å². The third-order valence-electron chi connectivity index (χ3n) is 2.81. The molecular formula is C14H17N3. The van der Waals surface area contributed by atoms with E-state index in [1.54, 1.807) is 0 Å². The summed E-state index contributed by atoms with van der Waals surface area (Å²) in [5.74, 6) is 5.63. The first-order valence-corrected chi connectivity index (χ1v) is 5.66. The van der Waals surface area contributed by atoms with Crippen LogP contribution in [0.15, 0.2) is 42.6 Å². The van der Waals surface area contributed by atoms with Gasteiger partial charge in [0.1, 0.15) is 0 Å². The number of nitrogens with two attached hydrogens (primary N) is 1. The topological polar surface area (TPSA) is 50.9 Å². The molecule has 0 bridgehead atoms. The number of aromatic nitrogens is 1. The van der Waals surface area contributed by atoms with Crippen molar-refractivity contribution < 1.29 is 0 Å². The predicted octanol–water partition coefficient (Wildman–Crippen LogP) is 2.25. The van der Waals surface area contributed by atoms with Crippen LogP contribution in [-0.2, 0) is 0 Å². The van der Waals surface area contributed by atoms with Crippen LogP contribution in [0.1, 0.15) is 28.4 Å². The summed E-state index contributed by atoms with van der Waals surface area (Å²) in [5, 5.41) is 0. The number of hydrogen-bond donors (Lipinski definition) is 2. The van der Waals surface area contributed by atoms with Gasteiger partial charge in [-0.05, 0) is 37.1 Å². The lowest BCUT2D eigenvalue weighted by Gasteiger charge is -2.16. The number of rotatable bonds is 3. The Kier molecular flexibility index (Phi) is 3.52. The highest BCUT2D eigenvalue weighted by Gasteiger charge is 2.13. The molecule has 3 N–H and O–H groups in total. The van der Waals surface area contributed by atoms with E-state index >= 15 is 0 Å². The Morgan fingerprint density at radius 1 is 1.06 bits per heavy atom. The van der Waals surface area contributed by atoms with Crippen LogP contribution in [0, 0.1) is 13.8 Å². The van der Waals surface area contributed by atoms with E-state index in [9.17, 15) is 0 Å². The first-order chi connectivity index (χ1) is 8.20. The van der Waals surface area contributed by atoms with Gasteiger partial charge in [-0.15, -0.1) is 0 Å². The molecule has 0 saturated heterocycles. The highest BCUT2D eigenvalue weighted by atomic mass is 15.2. The number of hydrazine groups is 1. The van der Waals surface area contributed by atoms with E-state index in [0.717, 1.165) is 11.3 Å². The zero-order valence-electron chi connectivity index (χ0n) is 10.1. The average molecular weight is 227 g/mol. The van der Waals surface area contributed by atoms with Crippen LogP contribution < -0.4 is 11.3 Å². The predicted molar refractivity (Wildman–Crippen MR) is 69.3 cm³/mol. The summed E-state index contributed by atoms with van der Waals surface area (Å²) in [4.78, 5) is 4.37. The van der Waals surface area contributed by atoms with Crippen molar-refractivity contribution >= 4 is 0 Å². The molecule has 3 heteroatoms. The maximum absolute atomic E-state index is 5.63. The Labute approximate surface area is 102 Å². The smallest absolute Gasteiger partial charge is 0.0881 e. The van der Waals surface area contributed by atoms with Crippen molar-refractivity contribution in [3.63, 3.8) is 0 Å². The van der Waals surface area contributed by atoms with E-state index in [0.29, 0.717) is 0 Å². The molecule has 0 spiro atoms. The molecule has 0 aliphatic carbocycles. The largest absolute Gasteiger partial charge is 0.271 e. The van der Waals surface area contributed by atoms with Crippen molar-refractivity contribution in [1.29, 1.82) is 0 Å². The van der Waals surface area contributed by atoms with Crippen molar-refractivity contribution in [2.24, 2.45) is 5.84 Å². The molecule has 0 saturated carbocycles. The molecule has 2 aromatic rings. The molecule has 0 aliphatic rings. The van der Waals surface area contributed by atoms with E-state index in [-0.39, 0.29) is 6.04 Å². The maximum Gasteiger partial charge on any atom is 0.0881 e. The summed E-state index contributed by atoms with van der Waals surface area (Å²) in [6.07, 6.45) is 1.81. The zero-order chi connectivity index (χ0) is 12.3. The van der Waals surface area contributed by atoms with Crippen LogP contribution in [-0.4, -0.2) is 4.98 Å². The molecule has 2 rings (SSSR count). The first kappa shape index (κ1) is 11.8. The summed E-state index contributed by atoms with van der Waals surface area (Å²) in [5.41, 5.74) is 7.30. The molecule has 0 radical (unpaired) electrons. The minimum atomic E-state index is -0.0597. The Morgan fingerprint density at radius 2 is 1.76 bits per heavy atom. The second-order valence-electron chi connectivity index (χ2n) is 4.27. The first-order valence-electron chi connectivity index (χ1n) is 5.66. The van der Waals surface area contributed by atoms with Crippen molar-refractivity contribution in [1.82, 2.24) is 10.4 Å². The van der Waals surface area contributed by atoms with Gasteiger partial charge in [0.2, 0.25) is 0 Å². The third kappa shape index (κ3) is 2.70. The van der Waals surface area contributed by atoms with Crippen LogP contribution in [0.25, 0.3) is 0 Å². The van der Waals surface area contributed by atoms with Gasteiger partial charge in [0.15, 0.2) is 0 Å². The normalized spacial score (nSPS) is 12.4. The number of nitrogens with zero attached hydrogens (tertiary/aromatic N) is 1. The quantitative estimate of drug-likeness (QED) is 0.624. The molecule has 0 fully saturated rings. The molecule has 0 aliphatic heterocycles. The van der Waals surface area contributed by atoms with E-state index in [1.165, 1.54) is 11.1 Å². The van der Waals surface area contributed by atoms with Crippen LogP contribution in [0.2, 0.25) is 0 Å². The fourth-order valence-electron chi connectivity index (χ4n) is 1.83. The fraction of sp³-hybridized carbons (Fsp3) is 0.214. The monoisotopic (exact) mass is 227 g/mol. The molecule has 3 nitrogen and oxygen atoms in total. The van der Waals surface area contributed by atoms with Gasteiger partial charge in [-0.3, -0.25) is 10.8 Å². The number of pyridine rings is 1. The second kappa shape index (κ2) is 5.08. The van der Waals surface area contributed by atoms with Crippen molar-refractivity contribution in [3.05, 3.63) is 65.0 Å². The van der Waals surface area contributed by atoms with Crippen LogP contribution in [0.4, 0.5) is 0 Å². The van der Waals surface area contributed by atoms with Gasteiger partial charge in [-0.1, -0.05) is 29.8 Å². The van der Waals surface area contributed by atoms with Gasteiger partial charge < -0.3 is 0 Å². The molecular weight excluding hydrogens is 210 g/mol. The van der Waals surface area contributed by atoms with Crippen molar-refractivity contribution in [3.8, 4) is 0 Å². The van der Waals surface area contributed by atoms with Gasteiger partial charge in [0.25, 0.3) is 0 Å². The van der Waals surface area contributed by atoms with Gasteiger partial charge in [-0.25, -0.2) is 5.43 Å². The molecule has 1 heterocycles. The van der Waals surface area contributed by atoms with Crippen LogP contribution in [0.3, 0.4) is 0 Å². The molecule has 88 valence electrons. The minimum absolute atomic E-state index is 0.0597. The third-order valence-corrected chi connectivity index (χ3v) is 2.81. The average Bonchev–Trinajstić information content (AvgIpc) is 2.33. The molecule has 0 amide bonds. The SMILES string of the molecule is Cc1ccc(C(NN)c2cc(C)ccn2)cc1. The lowest BCUT2D eigenvalue weighted by Crippen LogP contribution is -2.29. The lowest BCUT2D eigenvalue weighted by molar-refractivity contribution is 0.620. The molecule has 1 aromatic carbocycles.